The Hall–Kier alpha value is -3.92. The fourth-order valence-electron chi connectivity index (χ4n) is 4.65. The highest BCUT2D eigenvalue weighted by Crippen LogP contribution is 2.33. The van der Waals surface area contributed by atoms with Crippen molar-refractivity contribution >= 4 is 33.1 Å². The Morgan fingerprint density at radius 3 is 2.35 bits per heavy atom. The molecule has 0 spiro atoms. The fraction of sp³-hybridized carbons (Fsp3) is 0.111. The first-order valence-electron chi connectivity index (χ1n) is 10.5. The highest BCUT2D eigenvalue weighted by Gasteiger charge is 2.28. The number of fused-ring (bicyclic) bond motifs is 4. The lowest BCUT2D eigenvalue weighted by molar-refractivity contribution is -0.574. The molecule has 0 saturated heterocycles. The van der Waals surface area contributed by atoms with Crippen LogP contribution in [0.2, 0.25) is 0 Å². The Morgan fingerprint density at radius 2 is 1.52 bits per heavy atom. The van der Waals surface area contributed by atoms with E-state index in [1.807, 2.05) is 19.1 Å². The number of imidazole rings is 1. The minimum absolute atomic E-state index is 0.687. The maximum absolute atomic E-state index is 6.38. The Morgan fingerprint density at radius 1 is 0.774 bits per heavy atom. The van der Waals surface area contributed by atoms with Crippen LogP contribution in [-0.4, -0.2) is 9.55 Å². The second-order valence-electron chi connectivity index (χ2n) is 8.06. The van der Waals surface area contributed by atoms with Crippen LogP contribution in [0.3, 0.4) is 0 Å². The molecule has 0 fully saturated rings. The fourth-order valence-corrected chi connectivity index (χ4v) is 4.65. The average Bonchev–Trinajstić information content (AvgIpc) is 3.28. The Kier molecular flexibility index (Phi) is 3.78. The van der Waals surface area contributed by atoms with Gasteiger partial charge in [0.1, 0.15) is 5.69 Å². The first-order chi connectivity index (χ1) is 15.1. The zero-order chi connectivity index (χ0) is 21.1. The highest BCUT2D eigenvalue weighted by atomic mass is 16.3. The molecule has 6 rings (SSSR count). The Labute approximate surface area is 180 Å². The van der Waals surface area contributed by atoms with E-state index in [1.54, 1.807) is 0 Å². The van der Waals surface area contributed by atoms with Crippen molar-refractivity contribution in [2.24, 2.45) is 0 Å². The van der Waals surface area contributed by atoms with Crippen LogP contribution in [0.15, 0.2) is 83.3 Å². The lowest BCUT2D eigenvalue weighted by Crippen LogP contribution is -2.34. The number of hydrogen-bond acceptors (Lipinski definition) is 2. The smallest absolute Gasteiger partial charge is 0.264 e. The van der Waals surface area contributed by atoms with E-state index in [-0.39, 0.29) is 0 Å². The number of pyridine rings is 1. The molecule has 4 heteroatoms. The third-order valence-corrected chi connectivity index (χ3v) is 6.07. The van der Waals surface area contributed by atoms with E-state index >= 15 is 0 Å². The lowest BCUT2D eigenvalue weighted by atomic mass is 10.1. The van der Waals surface area contributed by atoms with Crippen LogP contribution in [0.1, 0.15) is 17.1 Å². The molecule has 150 valence electrons. The number of para-hydroxylation sites is 3. The molecule has 0 bridgehead atoms. The van der Waals surface area contributed by atoms with Gasteiger partial charge >= 0.3 is 0 Å². The molecular weight excluding hydrogens is 382 g/mol. The molecule has 6 aromatic rings. The summed E-state index contributed by atoms with van der Waals surface area (Å²) >= 11 is 0. The maximum atomic E-state index is 6.38. The summed E-state index contributed by atoms with van der Waals surface area (Å²) in [5, 5.41) is 2.14. The zero-order valence-corrected chi connectivity index (χ0v) is 17.8. The summed E-state index contributed by atoms with van der Waals surface area (Å²) in [6, 6.07) is 27.5. The molecule has 0 saturated carbocycles. The van der Waals surface area contributed by atoms with Gasteiger partial charge in [0.05, 0.1) is 0 Å². The van der Waals surface area contributed by atoms with Gasteiger partial charge < -0.3 is 4.42 Å². The van der Waals surface area contributed by atoms with E-state index in [2.05, 4.69) is 94.7 Å². The van der Waals surface area contributed by atoms with E-state index in [1.165, 1.54) is 0 Å². The standard InChI is InChI=1S/C27H22N3O/c1-17-13-15-21-22-16-14-18(2)28-27(22)31-26(21)25(17)30-19(3)29(20-9-5-4-6-10-20)23-11-7-8-12-24(23)30/h4-16H,1-3H3/q+1. The molecule has 3 aromatic heterocycles. The molecule has 4 nitrogen and oxygen atoms in total. The van der Waals surface area contributed by atoms with Crippen LogP contribution in [0.5, 0.6) is 0 Å². The van der Waals surface area contributed by atoms with Crippen LogP contribution in [0.4, 0.5) is 0 Å². The largest absolute Gasteiger partial charge is 0.433 e. The van der Waals surface area contributed by atoms with Gasteiger partial charge in [0.25, 0.3) is 5.82 Å². The van der Waals surface area contributed by atoms with E-state index < -0.39 is 0 Å². The quantitative estimate of drug-likeness (QED) is 0.326. The zero-order valence-electron chi connectivity index (χ0n) is 17.8. The van der Waals surface area contributed by atoms with Gasteiger partial charge in [-0.05, 0) is 56.3 Å². The van der Waals surface area contributed by atoms with E-state index in [4.69, 9.17) is 4.42 Å². The second-order valence-corrected chi connectivity index (χ2v) is 8.06. The van der Waals surface area contributed by atoms with Gasteiger partial charge in [0.15, 0.2) is 22.3 Å². The van der Waals surface area contributed by atoms with Crippen molar-refractivity contribution < 1.29 is 8.98 Å². The number of hydrogen-bond donors (Lipinski definition) is 0. The minimum Gasteiger partial charge on any atom is -0.433 e. The molecule has 0 amide bonds. The molecule has 0 radical (unpaired) electrons. The summed E-state index contributed by atoms with van der Waals surface area (Å²) in [6.45, 7) is 6.29. The normalized spacial score (nSPS) is 11.7. The van der Waals surface area contributed by atoms with Crippen molar-refractivity contribution in [1.82, 2.24) is 9.55 Å². The molecule has 0 aliphatic rings. The third-order valence-electron chi connectivity index (χ3n) is 6.07. The Bertz CT molecular complexity index is 1610. The topological polar surface area (TPSA) is 34.8 Å². The lowest BCUT2D eigenvalue weighted by Gasteiger charge is -2.05. The molecule has 0 aliphatic heterocycles. The molecule has 0 unspecified atom stereocenters. The third kappa shape index (κ3) is 2.55. The minimum atomic E-state index is 0.687. The van der Waals surface area contributed by atoms with Crippen LogP contribution in [-0.2, 0) is 0 Å². The monoisotopic (exact) mass is 404 g/mol. The van der Waals surface area contributed by atoms with Gasteiger partial charge in [-0.15, -0.1) is 0 Å². The van der Waals surface area contributed by atoms with Crippen LogP contribution >= 0.6 is 0 Å². The molecule has 3 aromatic carbocycles. The van der Waals surface area contributed by atoms with Gasteiger partial charge in [0, 0.05) is 29.0 Å². The van der Waals surface area contributed by atoms with Gasteiger partial charge in [-0.1, -0.05) is 36.4 Å². The number of rotatable bonds is 2. The first kappa shape index (κ1) is 17.9. The molecule has 0 aliphatic carbocycles. The van der Waals surface area contributed by atoms with E-state index in [0.717, 1.165) is 55.8 Å². The summed E-state index contributed by atoms with van der Waals surface area (Å²) in [5.74, 6) is 1.12. The maximum Gasteiger partial charge on any atom is 0.264 e. The summed E-state index contributed by atoms with van der Waals surface area (Å²) in [7, 11) is 0. The molecule has 0 atom stereocenters. The van der Waals surface area contributed by atoms with E-state index in [0.29, 0.717) is 5.71 Å². The van der Waals surface area contributed by atoms with Crippen molar-refractivity contribution in [3.05, 3.63) is 95.9 Å². The number of benzene rings is 3. The van der Waals surface area contributed by atoms with Gasteiger partial charge in [-0.3, -0.25) is 0 Å². The van der Waals surface area contributed by atoms with Crippen molar-refractivity contribution in [2.45, 2.75) is 20.8 Å². The number of nitrogens with zero attached hydrogens (tertiary/aromatic N) is 3. The van der Waals surface area contributed by atoms with Crippen molar-refractivity contribution in [1.29, 1.82) is 0 Å². The number of aryl methyl sites for hydroxylation is 2. The first-order valence-corrected chi connectivity index (χ1v) is 10.5. The van der Waals surface area contributed by atoms with Crippen LogP contribution < -0.4 is 4.57 Å². The van der Waals surface area contributed by atoms with Gasteiger partial charge in [-0.25, -0.2) is 4.98 Å². The number of aromatic nitrogens is 3. The second kappa shape index (κ2) is 6.54. The average molecular weight is 404 g/mol. The van der Waals surface area contributed by atoms with Gasteiger partial charge in [-0.2, -0.15) is 9.13 Å². The summed E-state index contributed by atoms with van der Waals surface area (Å²) in [6.07, 6.45) is 0. The van der Waals surface area contributed by atoms with Gasteiger partial charge in [0.2, 0.25) is 5.71 Å². The Balaban J connectivity index is 1.77. The molecule has 31 heavy (non-hydrogen) atoms. The van der Waals surface area contributed by atoms with E-state index in [9.17, 15) is 0 Å². The van der Waals surface area contributed by atoms with Crippen molar-refractivity contribution in [3.63, 3.8) is 0 Å². The van der Waals surface area contributed by atoms with Crippen molar-refractivity contribution in [3.8, 4) is 11.4 Å². The summed E-state index contributed by atoms with van der Waals surface area (Å²) < 4.78 is 11.0. The SMILES string of the molecule is Cc1ccc2c(n1)oc1c(-[n+]3c(C)n(-c4ccccc4)c4ccccc43)c(C)ccc12. The highest BCUT2D eigenvalue weighted by molar-refractivity contribution is 6.06. The molecular formula is C27H22N3O+. The molecule has 3 heterocycles. The molecule has 0 N–H and O–H groups in total. The summed E-state index contributed by atoms with van der Waals surface area (Å²) in [4.78, 5) is 4.63. The predicted octanol–water partition coefficient (Wildman–Crippen LogP) is 6.13. The number of furan rings is 1. The van der Waals surface area contributed by atoms with Crippen LogP contribution in [0.25, 0.3) is 44.5 Å². The summed E-state index contributed by atoms with van der Waals surface area (Å²) in [5.41, 5.74) is 8.18. The predicted molar refractivity (Wildman–Crippen MR) is 124 cm³/mol. The van der Waals surface area contributed by atoms with Crippen LogP contribution in [0, 0.1) is 20.8 Å². The van der Waals surface area contributed by atoms with Crippen molar-refractivity contribution in [2.75, 3.05) is 0 Å².